The molecule has 1 fully saturated rings. The first-order valence-corrected chi connectivity index (χ1v) is 10.3. The minimum absolute atomic E-state index is 0.130. The molecule has 5 heteroatoms. The number of piperazine rings is 1. The number of carbonyl (C=O) groups is 2. The zero-order valence-electron chi connectivity index (χ0n) is 17.4. The van der Waals surface area contributed by atoms with Crippen molar-refractivity contribution < 1.29 is 14.3 Å². The normalized spacial score (nSPS) is 14.0. The van der Waals surface area contributed by atoms with E-state index in [1.807, 2.05) is 72.2 Å². The third kappa shape index (κ3) is 5.83. The molecule has 0 radical (unpaired) electrons. The van der Waals surface area contributed by atoms with Crippen molar-refractivity contribution in [2.45, 2.75) is 33.1 Å². The highest BCUT2D eigenvalue weighted by Crippen LogP contribution is 2.22. The Hall–Kier alpha value is -2.82. The summed E-state index contributed by atoms with van der Waals surface area (Å²) in [6.45, 7) is 7.03. The van der Waals surface area contributed by atoms with Crippen molar-refractivity contribution in [2.24, 2.45) is 0 Å². The van der Waals surface area contributed by atoms with E-state index in [1.165, 1.54) is 0 Å². The summed E-state index contributed by atoms with van der Waals surface area (Å²) in [5.74, 6) is 1.20. The van der Waals surface area contributed by atoms with E-state index in [2.05, 4.69) is 0 Å². The van der Waals surface area contributed by atoms with Crippen molar-refractivity contribution in [3.63, 3.8) is 0 Å². The molecule has 2 aromatic rings. The number of hydrogen-bond acceptors (Lipinski definition) is 3. The fourth-order valence-corrected chi connectivity index (χ4v) is 3.67. The molecule has 5 nitrogen and oxygen atoms in total. The number of aryl methyl sites for hydroxylation is 2. The van der Waals surface area contributed by atoms with E-state index in [0.29, 0.717) is 52.0 Å². The lowest BCUT2D eigenvalue weighted by Gasteiger charge is -2.35. The van der Waals surface area contributed by atoms with E-state index in [1.54, 1.807) is 0 Å². The maximum atomic E-state index is 12.5. The fourth-order valence-electron chi connectivity index (χ4n) is 3.67. The van der Waals surface area contributed by atoms with Gasteiger partial charge in [0.2, 0.25) is 11.8 Å². The number of carbonyl (C=O) groups excluding carboxylic acids is 2. The largest absolute Gasteiger partial charge is 0.493 e. The molecule has 2 amide bonds. The van der Waals surface area contributed by atoms with Gasteiger partial charge in [0.1, 0.15) is 5.75 Å². The molecule has 0 aliphatic carbocycles. The molecule has 0 atom stereocenters. The van der Waals surface area contributed by atoms with Crippen LogP contribution < -0.4 is 4.74 Å². The number of ether oxygens (including phenoxy) is 1. The molecule has 1 heterocycles. The van der Waals surface area contributed by atoms with Crippen molar-refractivity contribution >= 4 is 11.8 Å². The summed E-state index contributed by atoms with van der Waals surface area (Å²) in [7, 11) is 0. The fraction of sp³-hybridized carbons (Fsp3) is 0.417. The highest BCUT2D eigenvalue weighted by molar-refractivity contribution is 5.80. The Bertz CT molecular complexity index is 807. The van der Waals surface area contributed by atoms with Gasteiger partial charge < -0.3 is 14.5 Å². The summed E-state index contributed by atoms with van der Waals surface area (Å²) >= 11 is 0. The predicted octanol–water partition coefficient (Wildman–Crippen LogP) is 3.38. The van der Waals surface area contributed by atoms with Gasteiger partial charge in [-0.05, 0) is 37.0 Å². The van der Waals surface area contributed by atoms with E-state index in [0.717, 1.165) is 22.4 Å². The van der Waals surface area contributed by atoms with Gasteiger partial charge >= 0.3 is 0 Å². The van der Waals surface area contributed by atoms with Gasteiger partial charge in [-0.25, -0.2) is 0 Å². The summed E-state index contributed by atoms with van der Waals surface area (Å²) in [5.41, 5.74) is 3.26. The molecular weight excluding hydrogens is 364 g/mol. The number of hydrogen-bond donors (Lipinski definition) is 0. The van der Waals surface area contributed by atoms with E-state index in [9.17, 15) is 9.59 Å². The highest BCUT2D eigenvalue weighted by atomic mass is 16.5. The number of nitrogens with zero attached hydrogens (tertiary/aromatic N) is 2. The lowest BCUT2D eigenvalue weighted by atomic mass is 10.1. The second-order valence-electron chi connectivity index (χ2n) is 7.60. The van der Waals surface area contributed by atoms with Crippen LogP contribution in [0.15, 0.2) is 48.5 Å². The molecule has 29 heavy (non-hydrogen) atoms. The van der Waals surface area contributed by atoms with Gasteiger partial charge in [-0.1, -0.05) is 48.5 Å². The van der Waals surface area contributed by atoms with Crippen LogP contribution in [0.2, 0.25) is 0 Å². The Morgan fingerprint density at radius 3 is 2.03 bits per heavy atom. The highest BCUT2D eigenvalue weighted by Gasteiger charge is 2.23. The van der Waals surface area contributed by atoms with E-state index < -0.39 is 0 Å². The first-order valence-electron chi connectivity index (χ1n) is 10.3. The Labute approximate surface area is 173 Å². The van der Waals surface area contributed by atoms with Crippen molar-refractivity contribution in [1.82, 2.24) is 9.80 Å². The maximum Gasteiger partial charge on any atom is 0.227 e. The number of para-hydroxylation sites is 1. The van der Waals surface area contributed by atoms with Gasteiger partial charge in [0.25, 0.3) is 0 Å². The van der Waals surface area contributed by atoms with Gasteiger partial charge in [-0.15, -0.1) is 0 Å². The third-order valence-corrected chi connectivity index (χ3v) is 5.37. The van der Waals surface area contributed by atoms with Gasteiger partial charge in [-0.3, -0.25) is 9.59 Å². The topological polar surface area (TPSA) is 49.9 Å². The van der Waals surface area contributed by atoms with E-state index in [4.69, 9.17) is 4.74 Å². The lowest BCUT2D eigenvalue weighted by Crippen LogP contribution is -2.51. The molecule has 154 valence electrons. The van der Waals surface area contributed by atoms with Crippen molar-refractivity contribution in [2.75, 3.05) is 32.8 Å². The smallest absolute Gasteiger partial charge is 0.227 e. The van der Waals surface area contributed by atoms with Gasteiger partial charge in [0.05, 0.1) is 13.0 Å². The standard InChI is InChI=1S/C24H30N2O3/c1-19-8-6-9-20(2)24(19)29-17-7-12-22(27)25-13-15-26(16-14-25)23(28)18-21-10-4-3-5-11-21/h3-6,8-11H,7,12-18H2,1-2H3. The van der Waals surface area contributed by atoms with Crippen LogP contribution >= 0.6 is 0 Å². The zero-order chi connectivity index (χ0) is 20.6. The molecule has 2 aromatic carbocycles. The van der Waals surface area contributed by atoms with Crippen LogP contribution in [0.1, 0.15) is 29.5 Å². The maximum absolute atomic E-state index is 12.5. The Morgan fingerprint density at radius 1 is 0.828 bits per heavy atom. The molecular formula is C24H30N2O3. The summed E-state index contributed by atoms with van der Waals surface area (Å²) in [4.78, 5) is 28.7. The van der Waals surface area contributed by atoms with Crippen LogP contribution in [0.5, 0.6) is 5.75 Å². The Balaban J connectivity index is 1.37. The van der Waals surface area contributed by atoms with Crippen LogP contribution in [0, 0.1) is 13.8 Å². The average Bonchev–Trinajstić information content (AvgIpc) is 2.73. The van der Waals surface area contributed by atoms with Crippen molar-refractivity contribution in [3.8, 4) is 5.75 Å². The van der Waals surface area contributed by atoms with E-state index >= 15 is 0 Å². The number of rotatable bonds is 7. The molecule has 0 spiro atoms. The molecule has 0 bridgehead atoms. The molecule has 3 rings (SSSR count). The van der Waals surface area contributed by atoms with Crippen LogP contribution in [-0.2, 0) is 16.0 Å². The number of benzene rings is 2. The molecule has 0 unspecified atom stereocenters. The van der Waals surface area contributed by atoms with Gasteiger partial charge in [0.15, 0.2) is 0 Å². The molecule has 0 aromatic heterocycles. The first-order chi connectivity index (χ1) is 14.0. The van der Waals surface area contributed by atoms with Crippen molar-refractivity contribution in [3.05, 3.63) is 65.2 Å². The monoisotopic (exact) mass is 394 g/mol. The quantitative estimate of drug-likeness (QED) is 0.677. The van der Waals surface area contributed by atoms with Crippen LogP contribution in [0.3, 0.4) is 0 Å². The number of amides is 2. The molecule has 1 aliphatic rings. The van der Waals surface area contributed by atoms with Gasteiger partial charge in [0, 0.05) is 32.6 Å². The first kappa shape index (κ1) is 20.9. The van der Waals surface area contributed by atoms with Crippen molar-refractivity contribution in [1.29, 1.82) is 0 Å². The van der Waals surface area contributed by atoms with E-state index in [-0.39, 0.29) is 11.8 Å². The predicted molar refractivity (Wildman–Crippen MR) is 114 cm³/mol. The molecule has 1 aliphatic heterocycles. The molecule has 0 saturated carbocycles. The minimum atomic E-state index is 0.130. The van der Waals surface area contributed by atoms with Gasteiger partial charge in [-0.2, -0.15) is 0 Å². The molecule has 0 N–H and O–H groups in total. The summed E-state index contributed by atoms with van der Waals surface area (Å²) in [5, 5.41) is 0. The lowest BCUT2D eigenvalue weighted by molar-refractivity contribution is -0.139. The van der Waals surface area contributed by atoms with Crippen LogP contribution in [0.4, 0.5) is 0 Å². The third-order valence-electron chi connectivity index (χ3n) is 5.37. The van der Waals surface area contributed by atoms with Crippen LogP contribution in [-0.4, -0.2) is 54.4 Å². The Morgan fingerprint density at radius 2 is 1.41 bits per heavy atom. The zero-order valence-corrected chi connectivity index (χ0v) is 17.4. The van der Waals surface area contributed by atoms with Crippen LogP contribution in [0.25, 0.3) is 0 Å². The second-order valence-corrected chi connectivity index (χ2v) is 7.60. The summed E-state index contributed by atoms with van der Waals surface area (Å²) in [6.07, 6.45) is 1.59. The Kier molecular flexibility index (Phi) is 7.28. The average molecular weight is 395 g/mol. The summed E-state index contributed by atoms with van der Waals surface area (Å²) < 4.78 is 5.89. The second kappa shape index (κ2) is 10.1. The SMILES string of the molecule is Cc1cccc(C)c1OCCCC(=O)N1CCN(C(=O)Cc2ccccc2)CC1. The molecule has 1 saturated heterocycles. The summed E-state index contributed by atoms with van der Waals surface area (Å²) in [6, 6.07) is 15.9. The minimum Gasteiger partial charge on any atom is -0.493 e.